The Bertz CT molecular complexity index is 104. The van der Waals surface area contributed by atoms with Gasteiger partial charge in [0.05, 0.1) is 0 Å². The van der Waals surface area contributed by atoms with Gasteiger partial charge in [-0.1, -0.05) is 0 Å². The Kier molecular flexibility index (Phi) is 1.91. The van der Waals surface area contributed by atoms with E-state index in [4.69, 9.17) is 10.2 Å². The van der Waals surface area contributed by atoms with E-state index in [9.17, 15) is 4.79 Å². The van der Waals surface area contributed by atoms with Crippen LogP contribution in [0.25, 0.3) is 0 Å². The van der Waals surface area contributed by atoms with E-state index in [2.05, 4.69) is 0 Å². The highest BCUT2D eigenvalue weighted by molar-refractivity contribution is 5.90. The average molecular weight is 102 g/mol. The molecule has 2 N–H and O–H groups in total. The Morgan fingerprint density at radius 1 is 1.71 bits per heavy atom. The van der Waals surface area contributed by atoms with Crippen LogP contribution in [0.1, 0.15) is 6.92 Å². The second kappa shape index (κ2) is 2.23. The van der Waals surface area contributed by atoms with Crippen molar-refractivity contribution in [3.63, 3.8) is 0 Å². The molecule has 0 saturated carbocycles. The smallest absolute Gasteiger partial charge is 0.197 e. The molecule has 0 bridgehead atoms. The summed E-state index contributed by atoms with van der Waals surface area (Å²) in [7, 11) is 0. The summed E-state index contributed by atoms with van der Waals surface area (Å²) in [5.74, 6) is -1.15. The minimum absolute atomic E-state index is 0.363. The zero-order valence-corrected chi connectivity index (χ0v) is 3.88. The summed E-state index contributed by atoms with van der Waals surface area (Å²) in [6.45, 7) is 1.15. The van der Waals surface area contributed by atoms with Crippen molar-refractivity contribution in [3.8, 4) is 0 Å². The van der Waals surface area contributed by atoms with E-state index in [0.717, 1.165) is 6.92 Å². The third-order valence-electron chi connectivity index (χ3n) is 0.483. The fourth-order valence-electron chi connectivity index (χ4n) is 0.0909. The normalized spacial score (nSPS) is 11.3. The Labute approximate surface area is 40.9 Å². The van der Waals surface area contributed by atoms with E-state index in [1.54, 1.807) is 0 Å². The maximum Gasteiger partial charge on any atom is 0.197 e. The predicted molar refractivity (Wildman–Crippen MR) is 24.0 cm³/mol. The second-order valence-corrected chi connectivity index (χ2v) is 1.07. The highest BCUT2D eigenvalue weighted by atomic mass is 16.3. The van der Waals surface area contributed by atoms with Crippen LogP contribution in [0, 0.1) is 0 Å². The number of hydrogen-bond acceptors (Lipinski definition) is 3. The van der Waals surface area contributed by atoms with Crippen LogP contribution in [0.4, 0.5) is 0 Å². The van der Waals surface area contributed by atoms with Gasteiger partial charge in [0.1, 0.15) is 6.26 Å². The van der Waals surface area contributed by atoms with Crippen molar-refractivity contribution in [2.45, 2.75) is 6.92 Å². The number of carbonyl (C=O) groups is 1. The predicted octanol–water partition coefficient (Wildman–Crippen LogP) is 0.533. The van der Waals surface area contributed by atoms with Gasteiger partial charge in [-0.3, -0.25) is 4.79 Å². The van der Waals surface area contributed by atoms with Gasteiger partial charge in [-0.2, -0.15) is 0 Å². The van der Waals surface area contributed by atoms with Crippen LogP contribution in [0.2, 0.25) is 0 Å². The summed E-state index contributed by atoms with van der Waals surface area (Å²) in [5, 5.41) is 16.1. The third kappa shape index (κ3) is 1.81. The number of ketones is 1. The standard InChI is InChI=1S/C4H6O3/c1-3(6)4(7)2-5/h2,5,7H,1H3/b4-2+. The number of aliphatic hydroxyl groups excluding tert-OH is 2. The number of hydrogen-bond donors (Lipinski definition) is 2. The van der Waals surface area contributed by atoms with Gasteiger partial charge in [0, 0.05) is 6.92 Å². The molecule has 0 radical (unpaired) electrons. The van der Waals surface area contributed by atoms with Gasteiger partial charge in [-0.15, -0.1) is 0 Å². The van der Waals surface area contributed by atoms with Gasteiger partial charge in [-0.05, 0) is 0 Å². The molecule has 0 aromatic carbocycles. The SMILES string of the molecule is CC(=O)/C(O)=C\O. The number of Topliss-reactive ketones (excluding diaryl/α,β-unsaturated/α-hetero) is 1. The van der Waals surface area contributed by atoms with Crippen LogP contribution in [0.5, 0.6) is 0 Å². The van der Waals surface area contributed by atoms with Crippen molar-refractivity contribution < 1.29 is 15.0 Å². The van der Waals surface area contributed by atoms with E-state index in [-0.39, 0.29) is 0 Å². The van der Waals surface area contributed by atoms with Crippen LogP contribution in [0.15, 0.2) is 12.0 Å². The summed E-state index contributed by atoms with van der Waals surface area (Å²) in [4.78, 5) is 9.90. The van der Waals surface area contributed by atoms with Crippen LogP contribution < -0.4 is 0 Å². The van der Waals surface area contributed by atoms with Gasteiger partial charge in [-0.25, -0.2) is 0 Å². The molecule has 0 aliphatic rings. The fourth-order valence-corrected chi connectivity index (χ4v) is 0.0909. The summed E-state index contributed by atoms with van der Waals surface area (Å²) in [5.41, 5.74) is 0. The maximum absolute atomic E-state index is 9.90. The third-order valence-corrected chi connectivity index (χ3v) is 0.483. The summed E-state index contributed by atoms with van der Waals surface area (Å²) < 4.78 is 0. The number of allylic oxidation sites excluding steroid dienone is 1. The summed E-state index contributed by atoms with van der Waals surface area (Å²) in [6, 6.07) is 0. The van der Waals surface area contributed by atoms with Gasteiger partial charge >= 0.3 is 0 Å². The Hall–Kier alpha value is -0.990. The Morgan fingerprint density at radius 3 is 2.14 bits per heavy atom. The zero-order chi connectivity index (χ0) is 5.86. The van der Waals surface area contributed by atoms with E-state index in [0.29, 0.717) is 6.26 Å². The van der Waals surface area contributed by atoms with Crippen LogP contribution in [-0.4, -0.2) is 16.0 Å². The van der Waals surface area contributed by atoms with Crippen molar-refractivity contribution in [3.05, 3.63) is 12.0 Å². The van der Waals surface area contributed by atoms with Crippen molar-refractivity contribution in [1.29, 1.82) is 0 Å². The monoisotopic (exact) mass is 102 g/mol. The summed E-state index contributed by atoms with van der Waals surface area (Å²) >= 11 is 0. The van der Waals surface area contributed by atoms with Gasteiger partial charge in [0.25, 0.3) is 0 Å². The zero-order valence-electron chi connectivity index (χ0n) is 3.88. The van der Waals surface area contributed by atoms with Crippen molar-refractivity contribution in [2.24, 2.45) is 0 Å². The fraction of sp³-hybridized carbons (Fsp3) is 0.250. The first-order chi connectivity index (χ1) is 3.18. The molecule has 0 unspecified atom stereocenters. The molecule has 0 fully saturated rings. The Morgan fingerprint density at radius 2 is 2.14 bits per heavy atom. The minimum atomic E-state index is -0.611. The lowest BCUT2D eigenvalue weighted by atomic mass is 10.4. The molecule has 0 atom stereocenters. The molecule has 0 rings (SSSR count). The van der Waals surface area contributed by atoms with E-state index in [1.165, 1.54) is 0 Å². The molecule has 3 heteroatoms. The molecule has 7 heavy (non-hydrogen) atoms. The highest BCUT2D eigenvalue weighted by Crippen LogP contribution is 1.83. The molecule has 0 amide bonds. The molecular formula is C4H6O3. The van der Waals surface area contributed by atoms with Crippen LogP contribution >= 0.6 is 0 Å². The van der Waals surface area contributed by atoms with Crippen LogP contribution in [-0.2, 0) is 4.79 Å². The molecule has 3 nitrogen and oxygen atoms in total. The molecule has 0 aliphatic carbocycles. The van der Waals surface area contributed by atoms with Crippen LogP contribution in [0.3, 0.4) is 0 Å². The second-order valence-electron chi connectivity index (χ2n) is 1.07. The lowest BCUT2D eigenvalue weighted by Gasteiger charge is -1.83. The van der Waals surface area contributed by atoms with E-state index >= 15 is 0 Å². The molecule has 40 valence electrons. The molecule has 0 saturated heterocycles. The van der Waals surface area contributed by atoms with Crippen molar-refractivity contribution >= 4 is 5.78 Å². The number of aliphatic hydroxyl groups is 2. The first-order valence-electron chi connectivity index (χ1n) is 1.72. The topological polar surface area (TPSA) is 57.5 Å². The first kappa shape index (κ1) is 6.01. The molecule has 0 aliphatic heterocycles. The lowest BCUT2D eigenvalue weighted by molar-refractivity contribution is -0.116. The van der Waals surface area contributed by atoms with E-state index in [1.807, 2.05) is 0 Å². The van der Waals surface area contributed by atoms with E-state index < -0.39 is 11.5 Å². The van der Waals surface area contributed by atoms with Crippen molar-refractivity contribution in [2.75, 3.05) is 0 Å². The molecule has 0 aromatic rings. The van der Waals surface area contributed by atoms with Gasteiger partial charge in [0.2, 0.25) is 0 Å². The Balaban J connectivity index is 3.82. The first-order valence-corrected chi connectivity index (χ1v) is 1.72. The molecule has 0 aromatic heterocycles. The molecule has 0 heterocycles. The largest absolute Gasteiger partial charge is 0.512 e. The maximum atomic E-state index is 9.90. The average Bonchev–Trinajstić information content (AvgIpc) is 1.65. The lowest BCUT2D eigenvalue weighted by Crippen LogP contribution is -1.93. The van der Waals surface area contributed by atoms with Crippen molar-refractivity contribution in [1.82, 2.24) is 0 Å². The number of rotatable bonds is 1. The van der Waals surface area contributed by atoms with Gasteiger partial charge in [0.15, 0.2) is 11.5 Å². The highest BCUT2D eigenvalue weighted by Gasteiger charge is 1.95. The molecule has 0 spiro atoms. The minimum Gasteiger partial charge on any atom is -0.512 e. The number of carbonyl (C=O) groups excluding carboxylic acids is 1. The summed E-state index contributed by atoms with van der Waals surface area (Å²) in [6.07, 6.45) is 0.363. The quantitative estimate of drug-likeness (QED) is 0.375. The van der Waals surface area contributed by atoms with Gasteiger partial charge < -0.3 is 10.2 Å². The molecular weight excluding hydrogens is 96.0 g/mol.